The molecule has 2 heterocycles. The lowest BCUT2D eigenvalue weighted by molar-refractivity contribution is -0.288. The van der Waals surface area contributed by atoms with E-state index in [9.17, 15) is 45.5 Å². The monoisotopic (exact) mass is 780 g/mol. The Balaban J connectivity index is 1.05. The van der Waals surface area contributed by atoms with Crippen LogP contribution in [0.25, 0.3) is 10.8 Å². The number of carbonyl (C=O) groups is 4. The van der Waals surface area contributed by atoms with Crippen LogP contribution >= 0.6 is 0 Å². The highest BCUT2D eigenvalue weighted by atomic mass is 19.4. The van der Waals surface area contributed by atoms with E-state index in [1.807, 2.05) is 6.92 Å². The molecule has 286 valence electrons. The molecule has 4 amide bonds. The molecule has 57 heavy (non-hydrogen) atoms. The van der Waals surface area contributed by atoms with Crippen LogP contribution in [0.2, 0.25) is 0 Å². The predicted octanol–water partition coefficient (Wildman–Crippen LogP) is 10.2. The van der Waals surface area contributed by atoms with Gasteiger partial charge in [0.15, 0.2) is 0 Å². The van der Waals surface area contributed by atoms with Crippen LogP contribution in [-0.4, -0.2) is 47.9 Å². The second-order valence-electron chi connectivity index (χ2n) is 13.5. The zero-order chi connectivity index (χ0) is 40.6. The molecule has 0 atom stereocenters. The zero-order valence-corrected chi connectivity index (χ0v) is 29.7. The molecule has 0 aliphatic carbocycles. The van der Waals surface area contributed by atoms with Crippen LogP contribution in [0.3, 0.4) is 0 Å². The average molecular weight is 781 g/mol. The third-order valence-electron chi connectivity index (χ3n) is 10.1. The van der Waals surface area contributed by atoms with Crippen molar-refractivity contribution in [3.63, 3.8) is 0 Å². The summed E-state index contributed by atoms with van der Waals surface area (Å²) in [7, 11) is 1.34. The van der Waals surface area contributed by atoms with Gasteiger partial charge in [-0.05, 0) is 103 Å². The number of carbonyl (C=O) groups excluding carboxylic acids is 4. The molecule has 0 saturated heterocycles. The Kier molecular flexibility index (Phi) is 8.48. The Labute approximate surface area is 319 Å². The van der Waals surface area contributed by atoms with E-state index in [0.29, 0.717) is 17.9 Å². The molecule has 8 nitrogen and oxygen atoms in total. The zero-order valence-electron chi connectivity index (χ0n) is 29.7. The normalized spacial score (nSPS) is 14.4. The van der Waals surface area contributed by atoms with Gasteiger partial charge in [-0.1, -0.05) is 42.0 Å². The topological polar surface area (TPSA) is 93.2 Å². The Hall–Kier alpha value is -6.96. The first-order chi connectivity index (χ1) is 27.0. The molecule has 0 fully saturated rings. The van der Waals surface area contributed by atoms with Crippen molar-refractivity contribution in [1.82, 2.24) is 4.90 Å². The van der Waals surface area contributed by atoms with Gasteiger partial charge in [0.05, 0.1) is 5.69 Å². The number of amides is 4. The summed E-state index contributed by atoms with van der Waals surface area (Å²) in [6, 6.07) is 24.8. The molecule has 2 aliphatic heterocycles. The first-order valence-corrected chi connectivity index (χ1v) is 17.2. The van der Waals surface area contributed by atoms with E-state index < -0.39 is 52.5 Å². The SMILES string of the molecule is Cc1ccc(Oc2ccc(C(c3ccc(Oc4ccc(N5C(=O)c6ccc7c8c(ccc(c68)C5=O)C(=O)N(C)C7=O)cc4)cc3)(C(F)(F)F)C(F)(F)F)cc2)cc1. The van der Waals surface area contributed by atoms with Crippen LogP contribution < -0.4 is 14.4 Å². The molecular weight excluding hydrogens is 754 g/mol. The van der Waals surface area contributed by atoms with E-state index in [2.05, 4.69) is 0 Å². The molecule has 0 bridgehead atoms. The number of ether oxygens (including phenoxy) is 2. The van der Waals surface area contributed by atoms with Gasteiger partial charge in [-0.25, -0.2) is 4.90 Å². The maximum absolute atomic E-state index is 14.8. The van der Waals surface area contributed by atoms with Gasteiger partial charge < -0.3 is 9.47 Å². The van der Waals surface area contributed by atoms with Crippen molar-refractivity contribution in [2.75, 3.05) is 11.9 Å². The Morgan fingerprint density at radius 2 is 0.754 bits per heavy atom. The summed E-state index contributed by atoms with van der Waals surface area (Å²) in [5, 5.41) is 0.414. The highest BCUT2D eigenvalue weighted by Crippen LogP contribution is 2.56. The third kappa shape index (κ3) is 5.78. The fourth-order valence-corrected chi connectivity index (χ4v) is 7.30. The molecule has 14 heteroatoms. The van der Waals surface area contributed by atoms with E-state index in [0.717, 1.165) is 51.8 Å². The van der Waals surface area contributed by atoms with Gasteiger partial charge in [0.1, 0.15) is 23.0 Å². The van der Waals surface area contributed by atoms with Crippen LogP contribution in [0.4, 0.5) is 32.0 Å². The van der Waals surface area contributed by atoms with Crippen molar-refractivity contribution >= 4 is 40.1 Å². The summed E-state index contributed by atoms with van der Waals surface area (Å²) in [4.78, 5) is 55.0. The van der Waals surface area contributed by atoms with Crippen LogP contribution in [0.5, 0.6) is 23.0 Å². The molecule has 8 rings (SSSR count). The Bertz CT molecular complexity index is 2550. The van der Waals surface area contributed by atoms with Crippen molar-refractivity contribution < 1.29 is 55.0 Å². The van der Waals surface area contributed by atoms with Crippen molar-refractivity contribution in [3.05, 3.63) is 160 Å². The first-order valence-electron chi connectivity index (χ1n) is 17.2. The van der Waals surface area contributed by atoms with Gasteiger partial charge in [0.2, 0.25) is 5.41 Å². The average Bonchev–Trinajstić information content (AvgIpc) is 3.17. The third-order valence-corrected chi connectivity index (χ3v) is 10.1. The number of imide groups is 2. The number of rotatable bonds is 7. The van der Waals surface area contributed by atoms with Crippen molar-refractivity contribution in [3.8, 4) is 23.0 Å². The maximum Gasteiger partial charge on any atom is 0.411 e. The molecule has 0 saturated carbocycles. The lowest BCUT2D eigenvalue weighted by Gasteiger charge is -2.38. The van der Waals surface area contributed by atoms with Gasteiger partial charge in [0.25, 0.3) is 23.6 Å². The minimum atomic E-state index is -5.82. The number of benzene rings is 6. The van der Waals surface area contributed by atoms with Gasteiger partial charge in [-0.15, -0.1) is 0 Å². The summed E-state index contributed by atoms with van der Waals surface area (Å²) < 4.78 is 100. The highest BCUT2D eigenvalue weighted by Gasteiger charge is 2.72. The molecule has 0 unspecified atom stereocenters. The molecule has 6 aromatic rings. The smallest absolute Gasteiger partial charge is 0.411 e. The lowest BCUT2D eigenvalue weighted by Crippen LogP contribution is -2.54. The largest absolute Gasteiger partial charge is 0.457 e. The van der Waals surface area contributed by atoms with Crippen LogP contribution in [0.15, 0.2) is 121 Å². The minimum absolute atomic E-state index is 0.0402. The number of anilines is 1. The molecule has 0 aromatic heterocycles. The number of hydrogen-bond acceptors (Lipinski definition) is 6. The quantitative estimate of drug-likeness (QED) is 0.118. The standard InChI is InChI=1S/C43H26F6N2O6/c1-23-3-11-27(12-4-23)56-28-13-5-24(6-14-28)41(42(44,45)46,43(47,48)49)25-7-15-29(16-8-25)57-30-17-9-26(10-18-30)51-39(54)33-21-19-31-35-32(38(53)50(2)37(31)52)20-22-34(36(33)35)40(51)55/h3-22H,1-2H3. The van der Waals surface area contributed by atoms with Gasteiger partial charge >= 0.3 is 12.4 Å². The minimum Gasteiger partial charge on any atom is -0.457 e. The van der Waals surface area contributed by atoms with Crippen LogP contribution in [0, 0.1) is 6.92 Å². The molecule has 2 aliphatic rings. The number of alkyl halides is 6. The summed E-state index contributed by atoms with van der Waals surface area (Å²) in [6.45, 7) is 1.84. The van der Waals surface area contributed by atoms with E-state index in [1.165, 1.54) is 55.6 Å². The van der Waals surface area contributed by atoms with Gasteiger partial charge in [0, 0.05) is 40.1 Å². The second-order valence-corrected chi connectivity index (χ2v) is 13.5. The fourth-order valence-electron chi connectivity index (χ4n) is 7.30. The molecular formula is C43H26F6N2O6. The van der Waals surface area contributed by atoms with Crippen molar-refractivity contribution in [1.29, 1.82) is 0 Å². The van der Waals surface area contributed by atoms with Crippen LogP contribution in [-0.2, 0) is 5.41 Å². The molecule has 0 N–H and O–H groups in total. The number of halogens is 6. The van der Waals surface area contributed by atoms with E-state index in [1.54, 1.807) is 24.3 Å². The van der Waals surface area contributed by atoms with Crippen molar-refractivity contribution in [2.45, 2.75) is 24.7 Å². The number of nitrogens with zero attached hydrogens (tertiary/aromatic N) is 2. The lowest BCUT2D eigenvalue weighted by atomic mass is 9.73. The second kappa shape index (κ2) is 13.1. The molecule has 6 aromatic carbocycles. The highest BCUT2D eigenvalue weighted by molar-refractivity contribution is 6.39. The molecule has 0 radical (unpaired) electrons. The van der Waals surface area contributed by atoms with Crippen LogP contribution in [0.1, 0.15) is 58.1 Å². The number of aryl methyl sites for hydroxylation is 1. The summed E-state index contributed by atoms with van der Waals surface area (Å²) in [5.74, 6) is -2.19. The summed E-state index contributed by atoms with van der Waals surface area (Å²) in [5.41, 5.74) is -4.97. The summed E-state index contributed by atoms with van der Waals surface area (Å²) in [6.07, 6.45) is -11.6. The summed E-state index contributed by atoms with van der Waals surface area (Å²) >= 11 is 0. The fraction of sp³-hybridized carbons (Fsp3) is 0.116. The van der Waals surface area contributed by atoms with Gasteiger partial charge in [-0.3, -0.25) is 24.1 Å². The number of hydrogen-bond donors (Lipinski definition) is 0. The van der Waals surface area contributed by atoms with Crippen molar-refractivity contribution in [2.24, 2.45) is 0 Å². The van der Waals surface area contributed by atoms with E-state index in [-0.39, 0.29) is 56.0 Å². The Morgan fingerprint density at radius 3 is 1.11 bits per heavy atom. The van der Waals surface area contributed by atoms with E-state index >= 15 is 0 Å². The first kappa shape index (κ1) is 37.0. The Morgan fingerprint density at radius 1 is 0.439 bits per heavy atom. The predicted molar refractivity (Wildman–Crippen MR) is 195 cm³/mol. The molecule has 0 spiro atoms. The van der Waals surface area contributed by atoms with E-state index in [4.69, 9.17) is 9.47 Å². The maximum atomic E-state index is 14.8. The van der Waals surface area contributed by atoms with Gasteiger partial charge in [-0.2, -0.15) is 26.3 Å².